The number of amides is 1. The van der Waals surface area contributed by atoms with Crippen LogP contribution in [0.2, 0.25) is 4.34 Å². The molecule has 0 unspecified atom stereocenters. The summed E-state index contributed by atoms with van der Waals surface area (Å²) in [5.41, 5.74) is 6.34. The minimum atomic E-state index is 0.313. The number of carbonyl (C=O) groups excluding carboxylic acids is 1. The number of benzene rings is 1. The molecule has 8 heteroatoms. The molecule has 2 aliphatic rings. The first-order chi connectivity index (χ1) is 16.6. The Kier molecular flexibility index (Phi) is 5.85. The number of rotatable bonds is 6. The van der Waals surface area contributed by atoms with Crippen LogP contribution in [-0.4, -0.2) is 56.8 Å². The Morgan fingerprint density at radius 2 is 1.97 bits per heavy atom. The van der Waals surface area contributed by atoms with Gasteiger partial charge in [-0.15, -0.1) is 11.3 Å². The number of fused-ring (bicyclic) bond motifs is 1. The van der Waals surface area contributed by atoms with Gasteiger partial charge in [-0.25, -0.2) is 4.98 Å². The molecule has 34 heavy (non-hydrogen) atoms. The van der Waals surface area contributed by atoms with E-state index in [9.17, 15) is 4.79 Å². The average molecular weight is 492 g/mol. The van der Waals surface area contributed by atoms with E-state index >= 15 is 0 Å². The van der Waals surface area contributed by atoms with E-state index in [0.29, 0.717) is 18.2 Å². The lowest BCUT2D eigenvalue weighted by molar-refractivity contribution is -0.134. The van der Waals surface area contributed by atoms with Crippen LogP contribution in [-0.2, 0) is 17.8 Å². The number of aromatic nitrogens is 3. The fourth-order valence-electron chi connectivity index (χ4n) is 4.68. The zero-order valence-electron chi connectivity index (χ0n) is 18.8. The maximum Gasteiger partial charge on any atom is 0.225 e. The van der Waals surface area contributed by atoms with E-state index in [-0.39, 0.29) is 0 Å². The number of hydrogen-bond donors (Lipinski definition) is 1. The van der Waals surface area contributed by atoms with Crippen LogP contribution >= 0.6 is 22.9 Å². The molecule has 1 aliphatic carbocycles. The van der Waals surface area contributed by atoms with Gasteiger partial charge in [0.2, 0.25) is 5.91 Å². The largest absolute Gasteiger partial charge is 0.342 e. The zero-order valence-corrected chi connectivity index (χ0v) is 20.4. The van der Waals surface area contributed by atoms with Gasteiger partial charge in [0.05, 0.1) is 11.0 Å². The van der Waals surface area contributed by atoms with Crippen molar-refractivity contribution in [3.8, 4) is 11.1 Å². The first-order valence-corrected chi connectivity index (χ1v) is 13.0. The van der Waals surface area contributed by atoms with Crippen molar-refractivity contribution in [2.45, 2.75) is 25.8 Å². The van der Waals surface area contributed by atoms with Gasteiger partial charge in [-0.1, -0.05) is 17.7 Å². The first-order valence-electron chi connectivity index (χ1n) is 11.8. The summed E-state index contributed by atoms with van der Waals surface area (Å²) in [5.74, 6) is 1.58. The van der Waals surface area contributed by atoms with Crippen LogP contribution in [0.1, 0.15) is 29.9 Å². The second-order valence-electron chi connectivity index (χ2n) is 9.23. The van der Waals surface area contributed by atoms with Crippen molar-refractivity contribution >= 4 is 39.9 Å². The first kappa shape index (κ1) is 21.8. The molecule has 6 rings (SSSR count). The third-order valence-corrected chi connectivity index (χ3v) is 7.88. The molecule has 1 amide bonds. The topological polar surface area (TPSA) is 65.1 Å². The van der Waals surface area contributed by atoms with E-state index in [1.165, 1.54) is 5.56 Å². The standard InChI is InChI=1S/C26H26ClN5OS/c27-25-21(6-12-34-25)19-3-4-22-23(14-19)30-24(29-22)15-20-13-17(5-7-28-20)16-31-8-10-32(11-9-31)26(33)18-1-2-18/h3-7,12-14,18H,1-2,8-11,15-16H2,(H,29,30). The van der Waals surface area contributed by atoms with Crippen LogP contribution in [0.3, 0.4) is 0 Å². The van der Waals surface area contributed by atoms with Crippen LogP contribution in [0.5, 0.6) is 0 Å². The Hall–Kier alpha value is -2.74. The van der Waals surface area contributed by atoms with Crippen LogP contribution in [0.15, 0.2) is 48.0 Å². The molecule has 174 valence electrons. The van der Waals surface area contributed by atoms with Gasteiger partial charge in [-0.05, 0) is 59.7 Å². The van der Waals surface area contributed by atoms with Gasteiger partial charge in [0.25, 0.3) is 0 Å². The van der Waals surface area contributed by atoms with Crippen molar-refractivity contribution in [2.75, 3.05) is 26.2 Å². The second kappa shape index (κ2) is 9.13. The molecule has 2 fully saturated rings. The summed E-state index contributed by atoms with van der Waals surface area (Å²) in [7, 11) is 0. The van der Waals surface area contributed by atoms with E-state index < -0.39 is 0 Å². The quantitative estimate of drug-likeness (QED) is 0.413. The number of piperazine rings is 1. The summed E-state index contributed by atoms with van der Waals surface area (Å²) in [6, 6.07) is 12.5. The molecule has 0 spiro atoms. The minimum absolute atomic E-state index is 0.313. The number of pyridine rings is 1. The number of nitrogens with zero attached hydrogens (tertiary/aromatic N) is 4. The molecule has 4 aromatic rings. The highest BCUT2D eigenvalue weighted by Gasteiger charge is 2.34. The van der Waals surface area contributed by atoms with Crippen LogP contribution in [0, 0.1) is 5.92 Å². The second-order valence-corrected chi connectivity index (χ2v) is 10.7. The highest BCUT2D eigenvalue weighted by Crippen LogP contribution is 2.34. The molecule has 6 nitrogen and oxygen atoms in total. The molecular formula is C26H26ClN5OS. The lowest BCUT2D eigenvalue weighted by Gasteiger charge is -2.35. The van der Waals surface area contributed by atoms with Gasteiger partial charge in [-0.3, -0.25) is 14.7 Å². The highest BCUT2D eigenvalue weighted by molar-refractivity contribution is 7.15. The molecule has 1 aromatic carbocycles. The van der Waals surface area contributed by atoms with Gasteiger partial charge in [-0.2, -0.15) is 0 Å². The molecule has 1 aliphatic heterocycles. The minimum Gasteiger partial charge on any atom is -0.342 e. The number of aromatic amines is 1. The third-order valence-electron chi connectivity index (χ3n) is 6.71. The van der Waals surface area contributed by atoms with Crippen molar-refractivity contribution in [3.05, 3.63) is 69.4 Å². The molecule has 1 N–H and O–H groups in total. The molecule has 0 bridgehead atoms. The maximum absolute atomic E-state index is 12.3. The smallest absolute Gasteiger partial charge is 0.225 e. The van der Waals surface area contributed by atoms with Crippen LogP contribution < -0.4 is 0 Å². The van der Waals surface area contributed by atoms with Crippen molar-refractivity contribution in [2.24, 2.45) is 5.92 Å². The lowest BCUT2D eigenvalue weighted by Crippen LogP contribution is -2.48. The summed E-state index contributed by atoms with van der Waals surface area (Å²) in [5, 5.41) is 2.01. The monoisotopic (exact) mass is 491 g/mol. The Labute approximate surface area is 207 Å². The summed E-state index contributed by atoms with van der Waals surface area (Å²) >= 11 is 7.86. The number of carbonyl (C=O) groups is 1. The Morgan fingerprint density at radius 1 is 1.12 bits per heavy atom. The molecule has 4 heterocycles. The van der Waals surface area contributed by atoms with Crippen molar-refractivity contribution in [1.82, 2.24) is 24.8 Å². The van der Waals surface area contributed by atoms with Crippen molar-refractivity contribution in [1.29, 1.82) is 0 Å². The predicted molar refractivity (Wildman–Crippen MR) is 136 cm³/mol. The number of thiophene rings is 1. The SMILES string of the molecule is O=C(C1CC1)N1CCN(Cc2ccnc(Cc3nc4ccc(-c5ccsc5Cl)cc4[nH]3)c2)CC1. The van der Waals surface area contributed by atoms with Crippen molar-refractivity contribution in [3.63, 3.8) is 0 Å². The fraction of sp³-hybridized carbons (Fsp3) is 0.346. The summed E-state index contributed by atoms with van der Waals surface area (Å²) in [6.45, 7) is 4.41. The molecule has 1 saturated heterocycles. The van der Waals surface area contributed by atoms with E-state index in [4.69, 9.17) is 16.6 Å². The Morgan fingerprint density at radius 3 is 2.74 bits per heavy atom. The molecule has 0 radical (unpaired) electrons. The Bertz CT molecular complexity index is 1340. The van der Waals surface area contributed by atoms with Gasteiger partial charge in [0.15, 0.2) is 0 Å². The van der Waals surface area contributed by atoms with E-state index in [0.717, 1.165) is 83.6 Å². The maximum atomic E-state index is 12.3. The number of halogens is 1. The number of H-pyrrole nitrogens is 1. The fourth-order valence-corrected chi connectivity index (χ4v) is 5.64. The Balaban J connectivity index is 1.11. The molecular weight excluding hydrogens is 466 g/mol. The molecule has 1 saturated carbocycles. The van der Waals surface area contributed by atoms with Crippen LogP contribution in [0.25, 0.3) is 22.2 Å². The average Bonchev–Trinajstić information content (AvgIpc) is 3.49. The lowest BCUT2D eigenvalue weighted by atomic mass is 10.1. The normalized spacial score (nSPS) is 16.9. The highest BCUT2D eigenvalue weighted by atomic mass is 35.5. The summed E-state index contributed by atoms with van der Waals surface area (Å²) < 4.78 is 0.802. The third kappa shape index (κ3) is 4.60. The van der Waals surface area contributed by atoms with Gasteiger partial charge >= 0.3 is 0 Å². The van der Waals surface area contributed by atoms with E-state index in [1.54, 1.807) is 11.3 Å². The molecule has 0 atom stereocenters. The van der Waals surface area contributed by atoms with Crippen LogP contribution in [0.4, 0.5) is 0 Å². The van der Waals surface area contributed by atoms with Crippen molar-refractivity contribution < 1.29 is 4.79 Å². The number of imidazole rings is 1. The zero-order chi connectivity index (χ0) is 23.1. The predicted octanol–water partition coefficient (Wildman–Crippen LogP) is 4.98. The van der Waals surface area contributed by atoms with Gasteiger partial charge in [0.1, 0.15) is 10.2 Å². The summed E-state index contributed by atoms with van der Waals surface area (Å²) in [6.07, 6.45) is 4.69. The van der Waals surface area contributed by atoms with E-state index in [1.807, 2.05) is 28.6 Å². The van der Waals surface area contributed by atoms with Gasteiger partial charge < -0.3 is 9.88 Å². The van der Waals surface area contributed by atoms with Gasteiger partial charge in [0, 0.05) is 62.5 Å². The molecule has 3 aromatic heterocycles. The number of hydrogen-bond acceptors (Lipinski definition) is 5. The van der Waals surface area contributed by atoms with E-state index in [2.05, 4.69) is 39.1 Å². The number of nitrogens with one attached hydrogen (secondary N) is 1. The summed E-state index contributed by atoms with van der Waals surface area (Å²) in [4.78, 5) is 29.6.